The maximum atomic E-state index is 8.63. The summed E-state index contributed by atoms with van der Waals surface area (Å²) in [5, 5.41) is 16.6. The molecule has 1 unspecified atom stereocenters. The van der Waals surface area contributed by atoms with Gasteiger partial charge in [0.15, 0.2) is 0 Å². The van der Waals surface area contributed by atoms with E-state index in [1.165, 1.54) is 24.1 Å². The number of aromatic nitrogens is 2. The molecule has 0 saturated carbocycles. The number of nitrogens with one attached hydrogen (secondary N) is 1. The van der Waals surface area contributed by atoms with E-state index in [0.717, 1.165) is 25.9 Å². The van der Waals surface area contributed by atoms with Gasteiger partial charge in [0.1, 0.15) is 0 Å². The normalized spacial score (nSPS) is 18.7. The maximum Gasteiger partial charge on any atom is 0.0641 e. The van der Waals surface area contributed by atoms with Gasteiger partial charge in [0.05, 0.1) is 25.2 Å². The fourth-order valence-corrected chi connectivity index (χ4v) is 2.50. The lowest BCUT2D eigenvalue weighted by Gasteiger charge is -2.24. The van der Waals surface area contributed by atoms with Crippen LogP contribution in [0.2, 0.25) is 0 Å². The Balaban J connectivity index is 2.11. The first-order valence-corrected chi connectivity index (χ1v) is 6.51. The van der Waals surface area contributed by atoms with Crippen LogP contribution >= 0.6 is 0 Å². The van der Waals surface area contributed by atoms with Gasteiger partial charge in [-0.05, 0) is 32.2 Å². The van der Waals surface area contributed by atoms with Crippen LogP contribution in [0.25, 0.3) is 0 Å². The van der Waals surface area contributed by atoms with Gasteiger partial charge in [-0.2, -0.15) is 10.4 Å². The topological polar surface area (TPSA) is 53.6 Å². The van der Waals surface area contributed by atoms with E-state index in [-0.39, 0.29) is 0 Å². The summed E-state index contributed by atoms with van der Waals surface area (Å²) in [5.41, 5.74) is 2.68. The van der Waals surface area contributed by atoms with Gasteiger partial charge in [0.25, 0.3) is 0 Å². The summed E-state index contributed by atoms with van der Waals surface area (Å²) < 4.78 is 2.01. The largest absolute Gasteiger partial charge is 0.310 e. The van der Waals surface area contributed by atoms with Crippen molar-refractivity contribution in [3.05, 3.63) is 17.5 Å². The Bertz CT molecular complexity index is 402. The van der Waals surface area contributed by atoms with Gasteiger partial charge in [0.2, 0.25) is 0 Å². The van der Waals surface area contributed by atoms with Crippen molar-refractivity contribution in [2.75, 3.05) is 6.54 Å². The van der Waals surface area contributed by atoms with E-state index >= 15 is 0 Å². The first-order valence-electron chi connectivity index (χ1n) is 6.51. The van der Waals surface area contributed by atoms with Crippen molar-refractivity contribution in [1.29, 1.82) is 5.26 Å². The molecule has 1 N–H and O–H groups in total. The van der Waals surface area contributed by atoms with Gasteiger partial charge < -0.3 is 5.32 Å². The molecule has 0 spiro atoms. The highest BCUT2D eigenvalue weighted by atomic mass is 15.3. The minimum absolute atomic E-state index is 0.467. The van der Waals surface area contributed by atoms with Crippen molar-refractivity contribution >= 4 is 0 Å². The minimum atomic E-state index is 0.467. The van der Waals surface area contributed by atoms with Crippen LogP contribution in [0.3, 0.4) is 0 Å². The van der Waals surface area contributed by atoms with Crippen LogP contribution in [-0.2, 0) is 13.0 Å². The van der Waals surface area contributed by atoms with Crippen LogP contribution in [0.5, 0.6) is 0 Å². The third-order valence-corrected chi connectivity index (χ3v) is 3.34. The Morgan fingerprint density at radius 1 is 1.65 bits per heavy atom. The minimum Gasteiger partial charge on any atom is -0.310 e. The third-order valence-electron chi connectivity index (χ3n) is 3.34. The summed E-state index contributed by atoms with van der Waals surface area (Å²) in [6.45, 7) is 3.98. The molecule has 1 aliphatic carbocycles. The van der Waals surface area contributed by atoms with Crippen molar-refractivity contribution in [3.8, 4) is 6.07 Å². The van der Waals surface area contributed by atoms with Crippen molar-refractivity contribution < 1.29 is 0 Å². The molecule has 4 nitrogen and oxygen atoms in total. The zero-order valence-electron chi connectivity index (χ0n) is 10.4. The summed E-state index contributed by atoms with van der Waals surface area (Å²) >= 11 is 0. The van der Waals surface area contributed by atoms with E-state index in [1.807, 2.05) is 10.9 Å². The molecule has 0 saturated heterocycles. The average molecular weight is 232 g/mol. The van der Waals surface area contributed by atoms with E-state index < -0.39 is 0 Å². The van der Waals surface area contributed by atoms with Crippen molar-refractivity contribution in [1.82, 2.24) is 15.1 Å². The fraction of sp³-hybridized carbons (Fsp3) is 0.692. The average Bonchev–Trinajstić information content (AvgIpc) is 2.77. The van der Waals surface area contributed by atoms with Crippen LogP contribution in [0.1, 0.15) is 49.9 Å². The SMILES string of the molecule is CCCNC1CCCc2c1cnn2CCC#N. The first-order chi connectivity index (χ1) is 8.36. The number of aryl methyl sites for hydroxylation is 1. The Labute approximate surface area is 103 Å². The summed E-state index contributed by atoms with van der Waals surface area (Å²) in [7, 11) is 0. The molecule has 0 bridgehead atoms. The smallest absolute Gasteiger partial charge is 0.0641 e. The maximum absolute atomic E-state index is 8.63. The van der Waals surface area contributed by atoms with Crippen LogP contribution in [-0.4, -0.2) is 16.3 Å². The van der Waals surface area contributed by atoms with E-state index in [1.54, 1.807) is 0 Å². The highest BCUT2D eigenvalue weighted by Crippen LogP contribution is 2.29. The molecule has 0 aliphatic heterocycles. The molecule has 0 aromatic carbocycles. The number of nitrogens with zero attached hydrogens (tertiary/aromatic N) is 3. The molecule has 17 heavy (non-hydrogen) atoms. The van der Waals surface area contributed by atoms with Gasteiger partial charge in [-0.15, -0.1) is 0 Å². The fourth-order valence-electron chi connectivity index (χ4n) is 2.50. The monoisotopic (exact) mass is 232 g/mol. The van der Waals surface area contributed by atoms with Gasteiger partial charge in [0, 0.05) is 17.3 Å². The Hall–Kier alpha value is -1.34. The number of hydrogen-bond acceptors (Lipinski definition) is 3. The molecule has 1 heterocycles. The van der Waals surface area contributed by atoms with Gasteiger partial charge in [-0.1, -0.05) is 6.92 Å². The standard InChI is InChI=1S/C13H20N4/c1-2-8-15-12-5-3-6-13-11(12)10-16-17(13)9-4-7-14/h10,12,15H,2-6,8-9H2,1H3. The highest BCUT2D eigenvalue weighted by Gasteiger charge is 2.23. The van der Waals surface area contributed by atoms with Crippen LogP contribution < -0.4 is 5.32 Å². The summed E-state index contributed by atoms with van der Waals surface area (Å²) in [4.78, 5) is 0. The van der Waals surface area contributed by atoms with Crippen molar-refractivity contribution in [2.24, 2.45) is 0 Å². The lowest BCUT2D eigenvalue weighted by atomic mass is 9.93. The van der Waals surface area contributed by atoms with Crippen LogP contribution in [0, 0.1) is 11.3 Å². The molecule has 1 atom stereocenters. The second-order valence-electron chi connectivity index (χ2n) is 4.58. The van der Waals surface area contributed by atoms with Crippen LogP contribution in [0.4, 0.5) is 0 Å². The highest BCUT2D eigenvalue weighted by molar-refractivity contribution is 5.24. The molecule has 4 heteroatoms. The second kappa shape index (κ2) is 5.83. The number of fused-ring (bicyclic) bond motifs is 1. The number of hydrogen-bond donors (Lipinski definition) is 1. The molecule has 2 rings (SSSR count). The van der Waals surface area contributed by atoms with Crippen molar-refractivity contribution in [2.45, 2.75) is 51.6 Å². The first kappa shape index (κ1) is 12.1. The molecule has 0 fully saturated rings. The zero-order valence-corrected chi connectivity index (χ0v) is 10.4. The molecular weight excluding hydrogens is 212 g/mol. The Morgan fingerprint density at radius 2 is 2.53 bits per heavy atom. The van der Waals surface area contributed by atoms with Crippen LogP contribution in [0.15, 0.2) is 6.20 Å². The number of rotatable bonds is 5. The molecule has 0 amide bonds. The Morgan fingerprint density at radius 3 is 3.29 bits per heavy atom. The van der Waals surface area contributed by atoms with E-state index in [2.05, 4.69) is 23.4 Å². The Kier molecular flexibility index (Phi) is 4.16. The van der Waals surface area contributed by atoms with Gasteiger partial charge >= 0.3 is 0 Å². The number of nitriles is 1. The predicted molar refractivity (Wildman–Crippen MR) is 66.4 cm³/mol. The predicted octanol–water partition coefficient (Wildman–Crippen LogP) is 2.17. The molecule has 1 aromatic rings. The summed E-state index contributed by atoms with van der Waals surface area (Å²) in [5.74, 6) is 0. The lowest BCUT2D eigenvalue weighted by Crippen LogP contribution is -2.26. The van der Waals surface area contributed by atoms with E-state index in [9.17, 15) is 0 Å². The molecular formula is C13H20N4. The molecule has 1 aromatic heterocycles. The summed E-state index contributed by atoms with van der Waals surface area (Å²) in [6.07, 6.45) is 7.21. The second-order valence-corrected chi connectivity index (χ2v) is 4.58. The lowest BCUT2D eigenvalue weighted by molar-refractivity contribution is 0.448. The quantitative estimate of drug-likeness (QED) is 0.846. The van der Waals surface area contributed by atoms with E-state index in [0.29, 0.717) is 12.5 Å². The van der Waals surface area contributed by atoms with E-state index in [4.69, 9.17) is 5.26 Å². The molecule has 0 radical (unpaired) electrons. The summed E-state index contributed by atoms with van der Waals surface area (Å²) in [6, 6.07) is 2.65. The van der Waals surface area contributed by atoms with Gasteiger partial charge in [-0.3, -0.25) is 4.68 Å². The third kappa shape index (κ3) is 2.67. The zero-order chi connectivity index (χ0) is 12.1. The molecule has 1 aliphatic rings. The molecule has 92 valence electrons. The van der Waals surface area contributed by atoms with Gasteiger partial charge in [-0.25, -0.2) is 0 Å². The van der Waals surface area contributed by atoms with Crippen molar-refractivity contribution in [3.63, 3.8) is 0 Å².